The average molecular weight is 223 g/mol. The summed E-state index contributed by atoms with van der Waals surface area (Å²) in [5.41, 5.74) is 8.13. The van der Waals surface area contributed by atoms with Gasteiger partial charge in [-0.2, -0.15) is 0 Å². The lowest BCUT2D eigenvalue weighted by molar-refractivity contribution is 0.732. The Bertz CT molecular complexity index is 474. The van der Waals surface area contributed by atoms with Crippen molar-refractivity contribution >= 4 is 22.5 Å². The van der Waals surface area contributed by atoms with E-state index < -0.39 is 0 Å². The first-order valence-electron chi connectivity index (χ1n) is 5.24. The Morgan fingerprint density at radius 3 is 2.80 bits per heavy atom. The van der Waals surface area contributed by atoms with E-state index in [4.69, 9.17) is 17.3 Å². The number of halogens is 1. The van der Waals surface area contributed by atoms with Crippen LogP contribution in [0.4, 0.5) is 0 Å². The first-order chi connectivity index (χ1) is 7.26. The van der Waals surface area contributed by atoms with Crippen molar-refractivity contribution in [1.29, 1.82) is 0 Å². The summed E-state index contributed by atoms with van der Waals surface area (Å²) in [6.07, 6.45) is 0.917. The second-order valence-corrected chi connectivity index (χ2v) is 4.06. The maximum atomic E-state index is 5.97. The summed E-state index contributed by atoms with van der Waals surface area (Å²) in [6, 6.07) is 8.18. The van der Waals surface area contributed by atoms with Gasteiger partial charge < -0.3 is 10.3 Å². The molecule has 1 aromatic heterocycles. The highest BCUT2D eigenvalue weighted by Gasteiger charge is 2.06. The molecule has 0 bridgehead atoms. The molecule has 0 saturated heterocycles. The van der Waals surface area contributed by atoms with Gasteiger partial charge in [-0.1, -0.05) is 11.6 Å². The van der Waals surface area contributed by atoms with E-state index in [-0.39, 0.29) is 0 Å². The van der Waals surface area contributed by atoms with Crippen molar-refractivity contribution < 1.29 is 0 Å². The minimum absolute atomic E-state index is 0.685. The van der Waals surface area contributed by atoms with Crippen molar-refractivity contribution in [2.45, 2.75) is 19.9 Å². The zero-order chi connectivity index (χ0) is 10.8. The molecule has 0 unspecified atom stereocenters. The molecule has 0 atom stereocenters. The smallest absolute Gasteiger partial charge is 0.0483 e. The molecule has 1 heterocycles. The molecule has 0 aliphatic carbocycles. The van der Waals surface area contributed by atoms with E-state index in [9.17, 15) is 0 Å². The van der Waals surface area contributed by atoms with Crippen molar-refractivity contribution in [3.05, 3.63) is 35.0 Å². The topological polar surface area (TPSA) is 30.9 Å². The molecule has 0 spiro atoms. The number of aryl methyl sites for hydroxylation is 1. The molecule has 80 valence electrons. The Morgan fingerprint density at radius 1 is 1.33 bits per heavy atom. The van der Waals surface area contributed by atoms with Gasteiger partial charge >= 0.3 is 0 Å². The number of benzene rings is 1. The van der Waals surface area contributed by atoms with Crippen LogP contribution in [0.2, 0.25) is 5.02 Å². The molecule has 0 aliphatic heterocycles. The number of nitrogens with zero attached hydrogens (tertiary/aromatic N) is 1. The number of fused-ring (bicyclic) bond motifs is 1. The first-order valence-corrected chi connectivity index (χ1v) is 5.61. The molecule has 0 radical (unpaired) electrons. The van der Waals surface area contributed by atoms with Crippen molar-refractivity contribution in [3.63, 3.8) is 0 Å². The van der Waals surface area contributed by atoms with Crippen molar-refractivity contribution in [2.75, 3.05) is 6.54 Å². The number of aromatic nitrogens is 1. The lowest BCUT2D eigenvalue weighted by atomic mass is 10.2. The molecule has 0 fully saturated rings. The molecule has 0 aliphatic rings. The molecule has 15 heavy (non-hydrogen) atoms. The third-order valence-electron chi connectivity index (χ3n) is 2.67. The van der Waals surface area contributed by atoms with Gasteiger partial charge in [-0.05, 0) is 44.2 Å². The zero-order valence-corrected chi connectivity index (χ0v) is 9.59. The molecule has 2 nitrogen and oxygen atoms in total. The predicted octanol–water partition coefficient (Wildman–Crippen LogP) is 2.82. The third-order valence-corrected chi connectivity index (χ3v) is 2.90. The molecule has 2 rings (SSSR count). The minimum Gasteiger partial charge on any atom is -0.345 e. The molecule has 2 aromatic rings. The summed E-state index contributed by atoms with van der Waals surface area (Å²) in [7, 11) is 0. The Kier molecular flexibility index (Phi) is 2.98. The van der Waals surface area contributed by atoms with Gasteiger partial charge in [0.05, 0.1) is 0 Å². The van der Waals surface area contributed by atoms with E-state index in [1.807, 2.05) is 12.1 Å². The second kappa shape index (κ2) is 4.25. The van der Waals surface area contributed by atoms with Gasteiger partial charge in [0.1, 0.15) is 0 Å². The summed E-state index contributed by atoms with van der Waals surface area (Å²) in [5, 5.41) is 1.99. The molecule has 1 aromatic carbocycles. The molecular formula is C12H15ClN2. The monoisotopic (exact) mass is 222 g/mol. The van der Waals surface area contributed by atoms with Crippen LogP contribution in [0.1, 0.15) is 12.6 Å². The summed E-state index contributed by atoms with van der Waals surface area (Å²) in [4.78, 5) is 0. The van der Waals surface area contributed by atoms with Crippen LogP contribution >= 0.6 is 11.6 Å². The SMILES string of the molecule is CCn1c(CCN)cc2cc(Cl)ccc21. The Labute approximate surface area is 94.6 Å². The van der Waals surface area contributed by atoms with Crippen LogP contribution in [-0.4, -0.2) is 11.1 Å². The van der Waals surface area contributed by atoms with Crippen LogP contribution in [0.15, 0.2) is 24.3 Å². The van der Waals surface area contributed by atoms with Crippen LogP contribution in [0.5, 0.6) is 0 Å². The van der Waals surface area contributed by atoms with Crippen LogP contribution in [0, 0.1) is 0 Å². The molecule has 0 amide bonds. The Hall–Kier alpha value is -0.990. The summed E-state index contributed by atoms with van der Waals surface area (Å²) in [5.74, 6) is 0. The van der Waals surface area contributed by atoms with Gasteiger partial charge in [-0.15, -0.1) is 0 Å². The summed E-state index contributed by atoms with van der Waals surface area (Å²) >= 11 is 5.97. The van der Waals surface area contributed by atoms with Gasteiger partial charge in [-0.25, -0.2) is 0 Å². The number of hydrogen-bond donors (Lipinski definition) is 1. The maximum Gasteiger partial charge on any atom is 0.0483 e. The normalized spacial score (nSPS) is 11.1. The highest BCUT2D eigenvalue weighted by atomic mass is 35.5. The van der Waals surface area contributed by atoms with E-state index >= 15 is 0 Å². The maximum absolute atomic E-state index is 5.97. The Balaban J connectivity index is 2.62. The number of hydrogen-bond acceptors (Lipinski definition) is 1. The minimum atomic E-state index is 0.685. The fourth-order valence-electron chi connectivity index (χ4n) is 2.03. The second-order valence-electron chi connectivity index (χ2n) is 3.62. The van der Waals surface area contributed by atoms with E-state index in [1.165, 1.54) is 16.6 Å². The highest BCUT2D eigenvalue weighted by molar-refractivity contribution is 6.31. The van der Waals surface area contributed by atoms with E-state index in [0.29, 0.717) is 6.54 Å². The van der Waals surface area contributed by atoms with Crippen LogP contribution < -0.4 is 5.73 Å². The van der Waals surface area contributed by atoms with Crippen LogP contribution in [0.25, 0.3) is 10.9 Å². The zero-order valence-electron chi connectivity index (χ0n) is 8.83. The van der Waals surface area contributed by atoms with Gasteiger partial charge in [-0.3, -0.25) is 0 Å². The quantitative estimate of drug-likeness (QED) is 0.851. The number of rotatable bonds is 3. The fourth-order valence-corrected chi connectivity index (χ4v) is 2.21. The van der Waals surface area contributed by atoms with E-state index in [1.54, 1.807) is 0 Å². The van der Waals surface area contributed by atoms with Gasteiger partial charge in [0.15, 0.2) is 0 Å². The molecular weight excluding hydrogens is 208 g/mol. The van der Waals surface area contributed by atoms with Crippen molar-refractivity contribution in [2.24, 2.45) is 5.73 Å². The standard InChI is InChI=1S/C12H15ClN2/c1-2-15-11(5-6-14)8-9-7-10(13)3-4-12(9)15/h3-4,7-8H,2,5-6,14H2,1H3. The van der Waals surface area contributed by atoms with Crippen molar-refractivity contribution in [1.82, 2.24) is 4.57 Å². The van der Waals surface area contributed by atoms with Gasteiger partial charge in [0.25, 0.3) is 0 Å². The van der Waals surface area contributed by atoms with Gasteiger partial charge in [0, 0.05) is 28.2 Å². The molecule has 2 N–H and O–H groups in total. The van der Waals surface area contributed by atoms with E-state index in [0.717, 1.165) is 18.0 Å². The molecule has 0 saturated carbocycles. The van der Waals surface area contributed by atoms with Crippen LogP contribution in [0.3, 0.4) is 0 Å². The summed E-state index contributed by atoms with van der Waals surface area (Å²) in [6.45, 7) is 3.80. The highest BCUT2D eigenvalue weighted by Crippen LogP contribution is 2.23. The average Bonchev–Trinajstić information content (AvgIpc) is 2.54. The van der Waals surface area contributed by atoms with Crippen molar-refractivity contribution in [3.8, 4) is 0 Å². The fraction of sp³-hybridized carbons (Fsp3) is 0.333. The lowest BCUT2D eigenvalue weighted by Crippen LogP contribution is -2.07. The predicted molar refractivity (Wildman–Crippen MR) is 65.4 cm³/mol. The van der Waals surface area contributed by atoms with E-state index in [2.05, 4.69) is 23.6 Å². The lowest BCUT2D eigenvalue weighted by Gasteiger charge is -2.06. The van der Waals surface area contributed by atoms with Crippen LogP contribution in [-0.2, 0) is 13.0 Å². The third kappa shape index (κ3) is 1.87. The Morgan fingerprint density at radius 2 is 2.13 bits per heavy atom. The first kappa shape index (κ1) is 10.5. The van der Waals surface area contributed by atoms with Gasteiger partial charge in [0.2, 0.25) is 0 Å². The molecule has 3 heteroatoms. The number of nitrogens with two attached hydrogens (primary N) is 1. The largest absolute Gasteiger partial charge is 0.345 e. The summed E-state index contributed by atoms with van der Waals surface area (Å²) < 4.78 is 2.29.